The highest BCUT2D eigenvalue weighted by Crippen LogP contribution is 2.24. The van der Waals surface area contributed by atoms with Crippen molar-refractivity contribution in [2.45, 2.75) is 50.4 Å². The standard InChI is InChI=1S/C15H20BrNO/c1-10-4-3-5-14(11(10)2)15(18)17-13-8-6-12(16)7-9-13/h3-5,12-13H,6-9H2,1-2H3,(H,17,18). The van der Waals surface area contributed by atoms with Gasteiger partial charge in [0.2, 0.25) is 0 Å². The molecule has 2 rings (SSSR count). The third kappa shape index (κ3) is 3.14. The Labute approximate surface area is 117 Å². The molecule has 1 aromatic carbocycles. The Kier molecular flexibility index (Phi) is 4.44. The Balaban J connectivity index is 2.01. The van der Waals surface area contributed by atoms with E-state index in [2.05, 4.69) is 21.2 Å². The van der Waals surface area contributed by atoms with Crippen molar-refractivity contribution in [3.63, 3.8) is 0 Å². The fraction of sp³-hybridized carbons (Fsp3) is 0.533. The molecule has 1 amide bonds. The fourth-order valence-corrected chi connectivity index (χ4v) is 2.99. The summed E-state index contributed by atoms with van der Waals surface area (Å²) in [5.74, 6) is 0.0780. The van der Waals surface area contributed by atoms with E-state index in [1.165, 1.54) is 5.56 Å². The molecule has 98 valence electrons. The van der Waals surface area contributed by atoms with Gasteiger partial charge in [-0.3, -0.25) is 4.79 Å². The second-order valence-electron chi connectivity index (χ2n) is 5.17. The highest BCUT2D eigenvalue weighted by Gasteiger charge is 2.21. The van der Waals surface area contributed by atoms with Gasteiger partial charge >= 0.3 is 0 Å². The van der Waals surface area contributed by atoms with Crippen molar-refractivity contribution in [3.05, 3.63) is 34.9 Å². The minimum Gasteiger partial charge on any atom is -0.349 e. The van der Waals surface area contributed by atoms with E-state index in [0.29, 0.717) is 10.9 Å². The van der Waals surface area contributed by atoms with Crippen LogP contribution in [-0.4, -0.2) is 16.8 Å². The van der Waals surface area contributed by atoms with Crippen LogP contribution in [0, 0.1) is 13.8 Å². The number of halogens is 1. The molecule has 0 unspecified atom stereocenters. The monoisotopic (exact) mass is 309 g/mol. The van der Waals surface area contributed by atoms with Crippen molar-refractivity contribution in [1.29, 1.82) is 0 Å². The lowest BCUT2D eigenvalue weighted by Crippen LogP contribution is -2.38. The predicted molar refractivity (Wildman–Crippen MR) is 78.4 cm³/mol. The number of benzene rings is 1. The average molecular weight is 310 g/mol. The van der Waals surface area contributed by atoms with Crippen molar-refractivity contribution >= 4 is 21.8 Å². The summed E-state index contributed by atoms with van der Waals surface area (Å²) in [4.78, 5) is 12.9. The molecular weight excluding hydrogens is 290 g/mol. The molecule has 0 aliphatic heterocycles. The van der Waals surface area contributed by atoms with E-state index < -0.39 is 0 Å². The molecule has 0 atom stereocenters. The first-order valence-corrected chi connectivity index (χ1v) is 7.50. The van der Waals surface area contributed by atoms with E-state index in [4.69, 9.17) is 0 Å². The number of amides is 1. The lowest BCUT2D eigenvalue weighted by Gasteiger charge is -2.26. The Bertz CT molecular complexity index is 436. The Hall–Kier alpha value is -0.830. The van der Waals surface area contributed by atoms with Crippen molar-refractivity contribution < 1.29 is 4.79 Å². The van der Waals surface area contributed by atoms with Crippen LogP contribution in [-0.2, 0) is 0 Å². The minimum absolute atomic E-state index is 0.0780. The van der Waals surface area contributed by atoms with Crippen LogP contribution in [0.3, 0.4) is 0 Å². The quantitative estimate of drug-likeness (QED) is 0.828. The second kappa shape index (κ2) is 5.87. The van der Waals surface area contributed by atoms with Crippen LogP contribution in [0.4, 0.5) is 0 Å². The molecule has 2 nitrogen and oxygen atoms in total. The Morgan fingerprint density at radius 1 is 1.22 bits per heavy atom. The van der Waals surface area contributed by atoms with Crippen molar-refractivity contribution in [1.82, 2.24) is 5.32 Å². The number of carbonyl (C=O) groups excluding carboxylic acids is 1. The summed E-state index contributed by atoms with van der Waals surface area (Å²) in [7, 11) is 0. The molecule has 1 fully saturated rings. The lowest BCUT2D eigenvalue weighted by molar-refractivity contribution is 0.0927. The van der Waals surface area contributed by atoms with Crippen LogP contribution in [0.2, 0.25) is 0 Å². The zero-order chi connectivity index (χ0) is 13.1. The van der Waals surface area contributed by atoms with Gasteiger partial charge in [-0.1, -0.05) is 28.1 Å². The Morgan fingerprint density at radius 2 is 1.89 bits per heavy atom. The van der Waals surface area contributed by atoms with Gasteiger partial charge in [-0.2, -0.15) is 0 Å². The van der Waals surface area contributed by atoms with Crippen LogP contribution in [0.15, 0.2) is 18.2 Å². The molecule has 1 N–H and O–H groups in total. The number of rotatable bonds is 2. The lowest BCUT2D eigenvalue weighted by atomic mass is 9.94. The van der Waals surface area contributed by atoms with E-state index in [1.54, 1.807) is 0 Å². The number of alkyl halides is 1. The third-order valence-electron chi connectivity index (χ3n) is 3.84. The highest BCUT2D eigenvalue weighted by molar-refractivity contribution is 9.09. The molecule has 1 aliphatic carbocycles. The molecular formula is C15H20BrNO. The summed E-state index contributed by atoms with van der Waals surface area (Å²) < 4.78 is 0. The number of hydrogen-bond acceptors (Lipinski definition) is 1. The van der Waals surface area contributed by atoms with Gasteiger partial charge in [-0.15, -0.1) is 0 Å². The number of carbonyl (C=O) groups is 1. The van der Waals surface area contributed by atoms with Crippen molar-refractivity contribution in [3.8, 4) is 0 Å². The van der Waals surface area contributed by atoms with Crippen molar-refractivity contribution in [2.24, 2.45) is 0 Å². The van der Waals surface area contributed by atoms with Crippen LogP contribution < -0.4 is 5.32 Å². The molecule has 3 heteroatoms. The zero-order valence-corrected chi connectivity index (χ0v) is 12.6. The maximum Gasteiger partial charge on any atom is 0.251 e. The maximum absolute atomic E-state index is 12.2. The number of aryl methyl sites for hydroxylation is 1. The van der Waals surface area contributed by atoms with E-state index in [1.807, 2.05) is 32.0 Å². The predicted octanol–water partition coefficient (Wildman–Crippen LogP) is 3.74. The molecule has 18 heavy (non-hydrogen) atoms. The smallest absolute Gasteiger partial charge is 0.251 e. The third-order valence-corrected chi connectivity index (χ3v) is 4.76. The van der Waals surface area contributed by atoms with Gasteiger partial charge in [0.1, 0.15) is 0 Å². The van der Waals surface area contributed by atoms with Crippen LogP contribution in [0.25, 0.3) is 0 Å². The topological polar surface area (TPSA) is 29.1 Å². The fourth-order valence-electron chi connectivity index (χ4n) is 2.46. The second-order valence-corrected chi connectivity index (χ2v) is 6.46. The highest BCUT2D eigenvalue weighted by atomic mass is 79.9. The number of nitrogens with one attached hydrogen (secondary N) is 1. The average Bonchev–Trinajstić information content (AvgIpc) is 2.35. The maximum atomic E-state index is 12.2. The summed E-state index contributed by atoms with van der Waals surface area (Å²) in [6.07, 6.45) is 4.45. The van der Waals surface area contributed by atoms with Gasteiger partial charge in [-0.05, 0) is 56.7 Å². The summed E-state index contributed by atoms with van der Waals surface area (Å²) in [5.41, 5.74) is 3.08. The number of hydrogen-bond donors (Lipinski definition) is 1. The summed E-state index contributed by atoms with van der Waals surface area (Å²) >= 11 is 3.64. The van der Waals surface area contributed by atoms with E-state index in [-0.39, 0.29) is 5.91 Å². The first-order valence-electron chi connectivity index (χ1n) is 6.59. The van der Waals surface area contributed by atoms with Gasteiger partial charge in [0.25, 0.3) is 5.91 Å². The van der Waals surface area contributed by atoms with Crippen LogP contribution >= 0.6 is 15.9 Å². The zero-order valence-electron chi connectivity index (χ0n) is 11.0. The minimum atomic E-state index is 0.0780. The molecule has 0 spiro atoms. The molecule has 0 bridgehead atoms. The summed E-state index contributed by atoms with van der Waals surface area (Å²) in [6.45, 7) is 4.06. The SMILES string of the molecule is Cc1cccc(C(=O)NC2CCC(Br)CC2)c1C. The first kappa shape index (κ1) is 13.6. The molecule has 1 saturated carbocycles. The molecule has 0 radical (unpaired) electrons. The van der Waals surface area contributed by atoms with Gasteiger partial charge in [0.15, 0.2) is 0 Å². The molecule has 1 aromatic rings. The van der Waals surface area contributed by atoms with Crippen LogP contribution in [0.1, 0.15) is 47.2 Å². The van der Waals surface area contributed by atoms with Gasteiger partial charge in [-0.25, -0.2) is 0 Å². The Morgan fingerprint density at radius 3 is 2.56 bits per heavy atom. The van der Waals surface area contributed by atoms with Crippen LogP contribution in [0.5, 0.6) is 0 Å². The molecule has 1 aliphatic rings. The molecule has 0 heterocycles. The van der Waals surface area contributed by atoms with Gasteiger partial charge in [0.05, 0.1) is 0 Å². The van der Waals surface area contributed by atoms with Gasteiger partial charge in [0, 0.05) is 16.4 Å². The van der Waals surface area contributed by atoms with E-state index in [0.717, 1.165) is 36.8 Å². The van der Waals surface area contributed by atoms with E-state index in [9.17, 15) is 4.79 Å². The van der Waals surface area contributed by atoms with Crippen molar-refractivity contribution in [2.75, 3.05) is 0 Å². The van der Waals surface area contributed by atoms with E-state index >= 15 is 0 Å². The molecule has 0 aromatic heterocycles. The van der Waals surface area contributed by atoms with Gasteiger partial charge < -0.3 is 5.32 Å². The largest absolute Gasteiger partial charge is 0.349 e. The summed E-state index contributed by atoms with van der Waals surface area (Å²) in [5, 5.41) is 3.16. The molecule has 0 saturated heterocycles. The first-order chi connectivity index (χ1) is 8.58. The summed E-state index contributed by atoms with van der Waals surface area (Å²) in [6, 6.07) is 6.24. The normalized spacial score (nSPS) is 23.7.